The van der Waals surface area contributed by atoms with Gasteiger partial charge in [-0.1, -0.05) is 164 Å². The first-order chi connectivity index (χ1) is 27.1. The highest BCUT2D eigenvalue weighted by molar-refractivity contribution is 6.17. The van der Waals surface area contributed by atoms with Crippen molar-refractivity contribution < 1.29 is 4.74 Å². The van der Waals surface area contributed by atoms with Crippen molar-refractivity contribution in [1.29, 1.82) is 0 Å². The van der Waals surface area contributed by atoms with E-state index < -0.39 is 5.41 Å². The molecule has 1 heterocycles. The standard InChI is InChI=1S/C52H34N2O/c1-32(35-27-28-40-39-19-8-9-22-44(39)52(47(40)31-35)45-23-10-12-25-48(45)55-49-26-13-11-24-46(49)52)51(34-15-4-3-5-16-34)54-53-33(2)36-29-30-43-38-18-7-6-17-37(38)42-21-14-20-41(36)50(42)43/h3-31H,2H2,1H3/b51-32+,54-53-. The largest absolute Gasteiger partial charge is 0.457 e. The third-order valence-corrected chi connectivity index (χ3v) is 11.8. The molecule has 3 heteroatoms. The number of nitrogens with zero attached hydrogens (tertiary/aromatic N) is 2. The maximum atomic E-state index is 6.57. The van der Waals surface area contributed by atoms with Gasteiger partial charge in [-0.05, 0) is 91.5 Å². The van der Waals surface area contributed by atoms with Crippen molar-refractivity contribution in [3.8, 4) is 44.9 Å². The van der Waals surface area contributed by atoms with Gasteiger partial charge in [-0.25, -0.2) is 0 Å². The monoisotopic (exact) mass is 702 g/mol. The maximum absolute atomic E-state index is 6.57. The Labute approximate surface area is 320 Å². The molecular formula is C52H34N2O. The Kier molecular flexibility index (Phi) is 6.83. The van der Waals surface area contributed by atoms with Gasteiger partial charge in [-0.2, -0.15) is 5.11 Å². The normalized spacial score (nSPS) is 14.1. The minimum Gasteiger partial charge on any atom is -0.457 e. The smallest absolute Gasteiger partial charge is 0.132 e. The zero-order valence-corrected chi connectivity index (χ0v) is 30.3. The van der Waals surface area contributed by atoms with Crippen LogP contribution in [0.3, 0.4) is 0 Å². The summed E-state index contributed by atoms with van der Waals surface area (Å²) in [5.74, 6) is 1.76. The van der Waals surface area contributed by atoms with E-state index in [1.54, 1.807) is 0 Å². The summed E-state index contributed by atoms with van der Waals surface area (Å²) in [6.45, 7) is 6.63. The highest BCUT2D eigenvalue weighted by Gasteiger charge is 2.51. The fourth-order valence-electron chi connectivity index (χ4n) is 9.39. The molecule has 1 aliphatic heterocycles. The van der Waals surface area contributed by atoms with E-state index in [1.165, 1.54) is 49.9 Å². The topological polar surface area (TPSA) is 34.0 Å². The summed E-state index contributed by atoms with van der Waals surface area (Å²) in [5, 5.41) is 12.3. The van der Waals surface area contributed by atoms with E-state index in [-0.39, 0.29) is 0 Å². The summed E-state index contributed by atoms with van der Waals surface area (Å²) in [4.78, 5) is 0. The summed E-state index contributed by atoms with van der Waals surface area (Å²) in [6.07, 6.45) is 0. The van der Waals surface area contributed by atoms with Crippen LogP contribution in [0.5, 0.6) is 11.5 Å². The molecule has 0 radical (unpaired) electrons. The zero-order valence-electron chi connectivity index (χ0n) is 30.3. The molecule has 8 aromatic rings. The van der Waals surface area contributed by atoms with Crippen molar-refractivity contribution >= 4 is 27.7 Å². The Hall–Kier alpha value is -7.10. The fraction of sp³-hybridized carbons (Fsp3) is 0.0385. The van der Waals surface area contributed by atoms with Crippen molar-refractivity contribution in [2.24, 2.45) is 10.2 Å². The van der Waals surface area contributed by atoms with Crippen LogP contribution < -0.4 is 4.74 Å². The molecule has 2 aliphatic carbocycles. The zero-order chi connectivity index (χ0) is 36.7. The Balaban J connectivity index is 1.08. The van der Waals surface area contributed by atoms with Gasteiger partial charge in [0.1, 0.15) is 11.5 Å². The molecule has 0 N–H and O–H groups in total. The minimum atomic E-state index is -0.550. The van der Waals surface area contributed by atoms with E-state index in [0.29, 0.717) is 5.70 Å². The summed E-state index contributed by atoms with van der Waals surface area (Å²) in [7, 11) is 0. The molecule has 0 fully saturated rings. The SMILES string of the molecule is C=C(/N=N\C(=C(/C)c1ccc2c(c1)C1(c3ccccc3Oc3ccccc31)c1ccccc1-2)c1ccccc1)c1ccc2c3c(cccc13)-c1ccccc1-2. The number of hydrogen-bond acceptors (Lipinski definition) is 3. The molecule has 0 amide bonds. The molecule has 3 nitrogen and oxygen atoms in total. The van der Waals surface area contributed by atoms with Crippen molar-refractivity contribution in [3.05, 3.63) is 221 Å². The molecular weight excluding hydrogens is 669 g/mol. The number of para-hydroxylation sites is 2. The fourth-order valence-corrected chi connectivity index (χ4v) is 9.39. The Morgan fingerprint density at radius 1 is 0.473 bits per heavy atom. The lowest BCUT2D eigenvalue weighted by atomic mass is 9.66. The van der Waals surface area contributed by atoms with Gasteiger partial charge in [0.2, 0.25) is 0 Å². The summed E-state index contributed by atoms with van der Waals surface area (Å²) < 4.78 is 6.57. The van der Waals surface area contributed by atoms with Gasteiger partial charge in [-0.15, -0.1) is 5.11 Å². The second-order valence-electron chi connectivity index (χ2n) is 14.6. The quantitative estimate of drug-likeness (QED) is 0.130. The molecule has 55 heavy (non-hydrogen) atoms. The van der Waals surface area contributed by atoms with Gasteiger partial charge in [-0.3, -0.25) is 0 Å². The van der Waals surface area contributed by atoms with E-state index in [1.807, 2.05) is 6.07 Å². The van der Waals surface area contributed by atoms with Crippen LogP contribution in [0.1, 0.15) is 45.9 Å². The Morgan fingerprint density at radius 2 is 1.04 bits per heavy atom. The number of benzene rings is 8. The van der Waals surface area contributed by atoms with E-state index in [0.717, 1.165) is 56.0 Å². The van der Waals surface area contributed by atoms with Crippen LogP contribution >= 0.6 is 0 Å². The van der Waals surface area contributed by atoms with Crippen LogP contribution in [-0.4, -0.2) is 0 Å². The molecule has 258 valence electrons. The van der Waals surface area contributed by atoms with E-state index in [4.69, 9.17) is 15.0 Å². The number of hydrogen-bond donors (Lipinski definition) is 0. The summed E-state index contributed by atoms with van der Waals surface area (Å²) >= 11 is 0. The van der Waals surface area contributed by atoms with E-state index in [9.17, 15) is 0 Å². The average molecular weight is 703 g/mol. The van der Waals surface area contributed by atoms with Crippen LogP contribution in [0.2, 0.25) is 0 Å². The van der Waals surface area contributed by atoms with Crippen molar-refractivity contribution in [2.75, 3.05) is 0 Å². The van der Waals surface area contributed by atoms with Crippen molar-refractivity contribution in [1.82, 2.24) is 0 Å². The Morgan fingerprint density at radius 3 is 1.76 bits per heavy atom. The minimum absolute atomic E-state index is 0.550. The number of fused-ring (bicyclic) bond motifs is 12. The molecule has 1 spiro atoms. The van der Waals surface area contributed by atoms with Crippen molar-refractivity contribution in [2.45, 2.75) is 12.3 Å². The summed E-state index contributed by atoms with van der Waals surface area (Å²) in [5.41, 5.74) is 17.3. The van der Waals surface area contributed by atoms with Gasteiger partial charge in [0.25, 0.3) is 0 Å². The Bertz CT molecular complexity index is 2910. The predicted molar refractivity (Wildman–Crippen MR) is 225 cm³/mol. The lowest BCUT2D eigenvalue weighted by Crippen LogP contribution is -2.32. The lowest BCUT2D eigenvalue weighted by Gasteiger charge is -2.39. The van der Waals surface area contributed by atoms with Gasteiger partial charge in [0.05, 0.1) is 16.8 Å². The summed E-state index contributed by atoms with van der Waals surface area (Å²) in [6, 6.07) is 62.5. The molecule has 0 atom stereocenters. The molecule has 8 aromatic carbocycles. The molecule has 3 aliphatic rings. The van der Waals surface area contributed by atoms with Crippen LogP contribution in [0.15, 0.2) is 193 Å². The highest BCUT2D eigenvalue weighted by atomic mass is 16.5. The van der Waals surface area contributed by atoms with Gasteiger partial charge in [0, 0.05) is 22.3 Å². The first-order valence-electron chi connectivity index (χ1n) is 18.8. The molecule has 0 saturated heterocycles. The van der Waals surface area contributed by atoms with Crippen LogP contribution in [-0.2, 0) is 5.41 Å². The predicted octanol–water partition coefficient (Wildman–Crippen LogP) is 14.0. The van der Waals surface area contributed by atoms with Crippen LogP contribution in [0.4, 0.5) is 0 Å². The molecule has 0 unspecified atom stereocenters. The van der Waals surface area contributed by atoms with Gasteiger partial charge >= 0.3 is 0 Å². The number of azo groups is 1. The van der Waals surface area contributed by atoms with Crippen molar-refractivity contribution in [3.63, 3.8) is 0 Å². The molecule has 11 rings (SSSR count). The second kappa shape index (κ2) is 12.0. The van der Waals surface area contributed by atoms with Crippen LogP contribution in [0.25, 0.3) is 61.1 Å². The van der Waals surface area contributed by atoms with Gasteiger partial charge in [0.15, 0.2) is 0 Å². The number of rotatable bonds is 5. The highest BCUT2D eigenvalue weighted by Crippen LogP contribution is 2.62. The second-order valence-corrected chi connectivity index (χ2v) is 14.6. The first-order valence-corrected chi connectivity index (χ1v) is 18.8. The first kappa shape index (κ1) is 31.4. The van der Waals surface area contributed by atoms with E-state index in [2.05, 4.69) is 183 Å². The molecule has 0 aromatic heterocycles. The third kappa shape index (κ3) is 4.44. The molecule has 0 saturated carbocycles. The maximum Gasteiger partial charge on any atom is 0.132 e. The number of ether oxygens (including phenoxy) is 1. The number of allylic oxidation sites excluding steroid dienone is 1. The molecule has 0 bridgehead atoms. The third-order valence-electron chi connectivity index (χ3n) is 11.8. The average Bonchev–Trinajstić information content (AvgIpc) is 3.72. The van der Waals surface area contributed by atoms with E-state index >= 15 is 0 Å². The van der Waals surface area contributed by atoms with Gasteiger partial charge < -0.3 is 4.74 Å². The van der Waals surface area contributed by atoms with Crippen LogP contribution in [0, 0.1) is 0 Å². The lowest BCUT2D eigenvalue weighted by molar-refractivity contribution is 0.436.